The van der Waals surface area contributed by atoms with Crippen molar-refractivity contribution in [3.63, 3.8) is 0 Å². The molecule has 1 aromatic heterocycles. The zero-order chi connectivity index (χ0) is 11.4. The van der Waals surface area contributed by atoms with E-state index in [2.05, 4.69) is 4.98 Å². The molecule has 84 valence electrons. The van der Waals surface area contributed by atoms with Crippen LogP contribution in [0.4, 0.5) is 5.00 Å². The van der Waals surface area contributed by atoms with E-state index in [0.29, 0.717) is 23.1 Å². The molecule has 0 saturated heterocycles. The third kappa shape index (κ3) is 2.25. The van der Waals surface area contributed by atoms with Crippen molar-refractivity contribution in [3.05, 3.63) is 35.5 Å². The van der Waals surface area contributed by atoms with E-state index >= 15 is 0 Å². The first-order chi connectivity index (χ1) is 7.81. The Balaban J connectivity index is 2.07. The number of rotatable bonds is 4. The first-order valence-corrected chi connectivity index (χ1v) is 5.63. The second-order valence-corrected chi connectivity index (χ2v) is 3.99. The summed E-state index contributed by atoms with van der Waals surface area (Å²) < 4.78 is 10.8. The first kappa shape index (κ1) is 10.8. The number of thiazole rings is 1. The smallest absolute Gasteiger partial charge is 0.161 e. The zero-order valence-corrected chi connectivity index (χ0v) is 9.66. The average molecular weight is 236 g/mol. The summed E-state index contributed by atoms with van der Waals surface area (Å²) in [5, 5.41) is 0.690. The normalized spacial score (nSPS) is 10.1. The number of anilines is 1. The van der Waals surface area contributed by atoms with E-state index in [9.17, 15) is 0 Å². The predicted molar refractivity (Wildman–Crippen MR) is 63.9 cm³/mol. The van der Waals surface area contributed by atoms with Gasteiger partial charge in [0.05, 0.1) is 12.6 Å². The second-order valence-electron chi connectivity index (χ2n) is 3.10. The molecule has 0 fully saturated rings. The Morgan fingerprint density at radius 1 is 1.31 bits per heavy atom. The van der Waals surface area contributed by atoms with Crippen molar-refractivity contribution in [2.24, 2.45) is 0 Å². The molecule has 0 radical (unpaired) electrons. The number of nitrogens with zero attached hydrogens (tertiary/aromatic N) is 1. The van der Waals surface area contributed by atoms with Gasteiger partial charge in [-0.1, -0.05) is 12.1 Å². The highest BCUT2D eigenvalue weighted by atomic mass is 32.1. The summed E-state index contributed by atoms with van der Waals surface area (Å²) in [5.41, 5.74) is 8.18. The molecule has 2 N–H and O–H groups in total. The van der Waals surface area contributed by atoms with E-state index in [4.69, 9.17) is 15.2 Å². The highest BCUT2D eigenvalue weighted by molar-refractivity contribution is 7.13. The van der Waals surface area contributed by atoms with Crippen molar-refractivity contribution in [1.82, 2.24) is 4.98 Å². The number of aromatic nitrogens is 1. The molecule has 0 bridgehead atoms. The van der Waals surface area contributed by atoms with Crippen LogP contribution in [0.2, 0.25) is 0 Å². The van der Waals surface area contributed by atoms with Crippen LogP contribution < -0.4 is 15.2 Å². The van der Waals surface area contributed by atoms with E-state index in [0.717, 1.165) is 5.69 Å². The van der Waals surface area contributed by atoms with E-state index in [-0.39, 0.29) is 0 Å². The maximum absolute atomic E-state index is 5.72. The van der Waals surface area contributed by atoms with Crippen LogP contribution in [0.15, 0.2) is 29.8 Å². The molecule has 0 atom stereocenters. The number of nitrogen functional groups attached to an aromatic ring is 1. The van der Waals surface area contributed by atoms with E-state index in [1.807, 2.05) is 24.3 Å². The molecule has 1 aromatic carbocycles. The lowest BCUT2D eigenvalue weighted by molar-refractivity contribution is 0.282. The summed E-state index contributed by atoms with van der Waals surface area (Å²) in [6.07, 6.45) is 0. The topological polar surface area (TPSA) is 57.4 Å². The standard InChI is InChI=1S/C11H12N2O2S/c1-14-9-4-2-3-5-10(9)15-6-8-11(12)16-7-13-8/h2-5,7H,6,12H2,1H3. The van der Waals surface area contributed by atoms with Gasteiger partial charge in [0, 0.05) is 0 Å². The summed E-state index contributed by atoms with van der Waals surface area (Å²) >= 11 is 1.40. The molecule has 4 nitrogen and oxygen atoms in total. The van der Waals surface area contributed by atoms with Crippen molar-refractivity contribution in [2.45, 2.75) is 6.61 Å². The molecule has 0 aliphatic rings. The predicted octanol–water partition coefficient (Wildman–Crippen LogP) is 2.31. The highest BCUT2D eigenvalue weighted by Crippen LogP contribution is 2.27. The SMILES string of the molecule is COc1ccccc1OCc1ncsc1N. The Hall–Kier alpha value is -1.75. The molecule has 16 heavy (non-hydrogen) atoms. The largest absolute Gasteiger partial charge is 0.493 e. The van der Waals surface area contributed by atoms with Crippen LogP contribution in [-0.4, -0.2) is 12.1 Å². The second kappa shape index (κ2) is 4.85. The van der Waals surface area contributed by atoms with Crippen molar-refractivity contribution in [3.8, 4) is 11.5 Å². The monoisotopic (exact) mass is 236 g/mol. The number of ether oxygens (including phenoxy) is 2. The maximum Gasteiger partial charge on any atom is 0.161 e. The van der Waals surface area contributed by atoms with Crippen molar-refractivity contribution in [1.29, 1.82) is 0 Å². The fraction of sp³-hybridized carbons (Fsp3) is 0.182. The third-order valence-corrected chi connectivity index (χ3v) is 2.81. The average Bonchev–Trinajstić information content (AvgIpc) is 2.72. The molecule has 0 amide bonds. The van der Waals surface area contributed by atoms with Crippen molar-refractivity contribution >= 4 is 16.3 Å². The van der Waals surface area contributed by atoms with Crippen molar-refractivity contribution < 1.29 is 9.47 Å². The van der Waals surface area contributed by atoms with Gasteiger partial charge in [-0.05, 0) is 12.1 Å². The van der Waals surface area contributed by atoms with Gasteiger partial charge < -0.3 is 15.2 Å². The van der Waals surface area contributed by atoms with Crippen LogP contribution >= 0.6 is 11.3 Å². The summed E-state index contributed by atoms with van der Waals surface area (Å²) in [6, 6.07) is 7.48. The third-order valence-electron chi connectivity index (χ3n) is 2.11. The van der Waals surface area contributed by atoms with Gasteiger partial charge in [0.25, 0.3) is 0 Å². The maximum atomic E-state index is 5.72. The fourth-order valence-corrected chi connectivity index (χ4v) is 1.81. The van der Waals surface area contributed by atoms with Gasteiger partial charge in [-0.2, -0.15) is 0 Å². The summed E-state index contributed by atoms with van der Waals surface area (Å²) in [5.74, 6) is 1.40. The van der Waals surface area contributed by atoms with Crippen LogP contribution in [0.3, 0.4) is 0 Å². The van der Waals surface area contributed by atoms with Crippen LogP contribution in [0.25, 0.3) is 0 Å². The van der Waals surface area contributed by atoms with E-state index < -0.39 is 0 Å². The number of nitrogens with two attached hydrogens (primary N) is 1. The number of methoxy groups -OCH3 is 1. The Kier molecular flexibility index (Phi) is 3.26. The molecule has 0 spiro atoms. The van der Waals surface area contributed by atoms with E-state index in [1.54, 1.807) is 12.6 Å². The van der Waals surface area contributed by atoms with Gasteiger partial charge in [0.15, 0.2) is 11.5 Å². The molecular formula is C11H12N2O2S. The lowest BCUT2D eigenvalue weighted by Crippen LogP contribution is -2.00. The quantitative estimate of drug-likeness (QED) is 0.885. The Morgan fingerprint density at radius 3 is 2.69 bits per heavy atom. The van der Waals surface area contributed by atoms with E-state index in [1.165, 1.54) is 11.3 Å². The molecule has 2 aromatic rings. The lowest BCUT2D eigenvalue weighted by atomic mass is 10.3. The van der Waals surface area contributed by atoms with Crippen LogP contribution in [0.1, 0.15) is 5.69 Å². The fourth-order valence-electron chi connectivity index (χ4n) is 1.27. The number of para-hydroxylation sites is 2. The molecular weight excluding hydrogens is 224 g/mol. The molecule has 2 rings (SSSR count). The van der Waals surface area contributed by atoms with Gasteiger partial charge in [-0.25, -0.2) is 4.98 Å². The molecule has 0 aliphatic carbocycles. The molecule has 5 heteroatoms. The lowest BCUT2D eigenvalue weighted by Gasteiger charge is -2.09. The highest BCUT2D eigenvalue weighted by Gasteiger charge is 2.06. The van der Waals surface area contributed by atoms with Crippen LogP contribution in [0.5, 0.6) is 11.5 Å². The minimum atomic E-state index is 0.357. The van der Waals surface area contributed by atoms with Gasteiger partial charge >= 0.3 is 0 Å². The number of hydrogen-bond donors (Lipinski definition) is 1. The minimum absolute atomic E-state index is 0.357. The summed E-state index contributed by atoms with van der Waals surface area (Å²) in [4.78, 5) is 4.11. The van der Waals surface area contributed by atoms with Gasteiger partial charge in [0.1, 0.15) is 17.3 Å². The van der Waals surface area contributed by atoms with Crippen LogP contribution in [0, 0.1) is 0 Å². The van der Waals surface area contributed by atoms with Crippen LogP contribution in [-0.2, 0) is 6.61 Å². The minimum Gasteiger partial charge on any atom is -0.493 e. The molecule has 0 aliphatic heterocycles. The Morgan fingerprint density at radius 2 is 2.06 bits per heavy atom. The summed E-state index contributed by atoms with van der Waals surface area (Å²) in [6.45, 7) is 0.357. The van der Waals surface area contributed by atoms with Gasteiger partial charge in [0.2, 0.25) is 0 Å². The van der Waals surface area contributed by atoms with Gasteiger partial charge in [-0.3, -0.25) is 0 Å². The summed E-state index contributed by atoms with van der Waals surface area (Å²) in [7, 11) is 1.61. The Labute approximate surface area is 97.6 Å². The molecule has 1 heterocycles. The molecule has 0 unspecified atom stereocenters. The molecule has 0 saturated carbocycles. The zero-order valence-electron chi connectivity index (χ0n) is 8.84. The Bertz CT molecular complexity index is 471. The van der Waals surface area contributed by atoms with Gasteiger partial charge in [-0.15, -0.1) is 11.3 Å². The number of hydrogen-bond acceptors (Lipinski definition) is 5. The number of benzene rings is 1. The first-order valence-electron chi connectivity index (χ1n) is 4.75. The van der Waals surface area contributed by atoms with Crippen molar-refractivity contribution in [2.75, 3.05) is 12.8 Å².